The van der Waals surface area contributed by atoms with Crippen LogP contribution in [0.25, 0.3) is 5.57 Å². The van der Waals surface area contributed by atoms with Crippen LogP contribution >= 0.6 is 15.9 Å². The number of amides is 2. The summed E-state index contributed by atoms with van der Waals surface area (Å²) < 4.78 is 6.61. The molecule has 0 radical (unpaired) electrons. The van der Waals surface area contributed by atoms with Crippen molar-refractivity contribution in [3.8, 4) is 0 Å². The van der Waals surface area contributed by atoms with Gasteiger partial charge < -0.3 is 19.9 Å². The Morgan fingerprint density at radius 1 is 1.46 bits per heavy atom. The summed E-state index contributed by atoms with van der Waals surface area (Å²) in [5, 5.41) is 2.63. The summed E-state index contributed by atoms with van der Waals surface area (Å²) in [4.78, 5) is 33.5. The van der Waals surface area contributed by atoms with E-state index in [0.717, 1.165) is 15.7 Å². The van der Waals surface area contributed by atoms with E-state index in [-0.39, 0.29) is 11.8 Å². The number of aromatic amines is 1. The van der Waals surface area contributed by atoms with E-state index < -0.39 is 17.8 Å². The van der Waals surface area contributed by atoms with Gasteiger partial charge in [-0.3, -0.25) is 9.59 Å². The third-order valence-electron chi connectivity index (χ3n) is 4.63. The van der Waals surface area contributed by atoms with Crippen LogP contribution in [0.4, 0.5) is 0 Å². The Labute approximate surface area is 174 Å². The molecule has 1 aromatic rings. The summed E-state index contributed by atoms with van der Waals surface area (Å²) in [5.41, 5.74) is 0.651. The van der Waals surface area contributed by atoms with Gasteiger partial charge in [0.05, 0.1) is 18.5 Å². The molecular weight excluding hydrogens is 424 g/mol. The Morgan fingerprint density at radius 2 is 2.14 bits per heavy atom. The smallest absolute Gasteiger partial charge is 0.248 e. The zero-order valence-electron chi connectivity index (χ0n) is 16.7. The van der Waals surface area contributed by atoms with Gasteiger partial charge in [-0.1, -0.05) is 49.0 Å². The standard InChI is InChI=1S/C20H27BrN4O3/c1-12(2)17(23-11-26)19(27)25-16(10-28-20(25,5)6)18-22-9-15(24-18)13(3)7-8-14(4)21/h7-9,11-12,16-17H,3-4,10H2,1-2,5-6H3,(H,22,24)(H,23,26)/b8-7-. The molecule has 0 saturated carbocycles. The van der Waals surface area contributed by atoms with E-state index in [9.17, 15) is 9.59 Å². The SMILES string of the molecule is C=C(Br)/C=C\C(=C)c1cnc(C2COC(C)(C)N2C(=O)C(NC=O)C(C)C)[nH]1. The molecule has 0 aliphatic carbocycles. The lowest BCUT2D eigenvalue weighted by atomic mass is 10.0. The molecule has 2 amide bonds. The maximum Gasteiger partial charge on any atom is 0.248 e. The highest BCUT2D eigenvalue weighted by Gasteiger charge is 2.47. The van der Waals surface area contributed by atoms with Crippen molar-refractivity contribution in [1.82, 2.24) is 20.2 Å². The Bertz CT molecular complexity index is 797. The number of rotatable bonds is 8. The number of allylic oxidation sites excluding steroid dienone is 4. The maximum absolute atomic E-state index is 13.2. The van der Waals surface area contributed by atoms with E-state index in [1.165, 1.54) is 0 Å². The first-order valence-electron chi connectivity index (χ1n) is 9.02. The number of nitrogens with one attached hydrogen (secondary N) is 2. The fourth-order valence-electron chi connectivity index (χ4n) is 3.14. The van der Waals surface area contributed by atoms with Gasteiger partial charge in [0.15, 0.2) is 0 Å². The van der Waals surface area contributed by atoms with Crippen LogP contribution in [-0.4, -0.2) is 45.6 Å². The molecule has 0 spiro atoms. The maximum atomic E-state index is 13.2. The molecule has 2 atom stereocenters. The Kier molecular flexibility index (Phi) is 7.01. The number of hydrogen-bond donors (Lipinski definition) is 2. The first-order valence-corrected chi connectivity index (χ1v) is 9.81. The predicted octanol–water partition coefficient (Wildman–Crippen LogP) is 3.29. The molecule has 2 unspecified atom stereocenters. The predicted molar refractivity (Wildman–Crippen MR) is 112 cm³/mol. The van der Waals surface area contributed by atoms with Crippen LogP contribution < -0.4 is 5.32 Å². The highest BCUT2D eigenvalue weighted by molar-refractivity contribution is 9.11. The van der Waals surface area contributed by atoms with Gasteiger partial charge in [0.2, 0.25) is 12.3 Å². The normalized spacial score (nSPS) is 19.8. The van der Waals surface area contributed by atoms with E-state index in [0.29, 0.717) is 18.8 Å². The molecule has 1 aliphatic rings. The van der Waals surface area contributed by atoms with Crippen LogP contribution in [0.5, 0.6) is 0 Å². The molecule has 1 saturated heterocycles. The number of carbonyl (C=O) groups excluding carboxylic acids is 2. The molecule has 1 aliphatic heterocycles. The van der Waals surface area contributed by atoms with Crippen LogP contribution in [0, 0.1) is 5.92 Å². The van der Waals surface area contributed by atoms with Crippen molar-refractivity contribution in [2.24, 2.45) is 5.92 Å². The highest BCUT2D eigenvalue weighted by Crippen LogP contribution is 2.37. The van der Waals surface area contributed by atoms with Gasteiger partial charge in [0.25, 0.3) is 0 Å². The lowest BCUT2D eigenvalue weighted by Crippen LogP contribution is -2.54. The summed E-state index contributed by atoms with van der Waals surface area (Å²) in [6, 6.07) is -1.04. The fourth-order valence-corrected chi connectivity index (χ4v) is 3.28. The lowest BCUT2D eigenvalue weighted by molar-refractivity contribution is -0.150. The van der Waals surface area contributed by atoms with Gasteiger partial charge in [-0.25, -0.2) is 4.98 Å². The molecular formula is C20H27BrN4O3. The monoisotopic (exact) mass is 450 g/mol. The van der Waals surface area contributed by atoms with Gasteiger partial charge in [-0.15, -0.1) is 0 Å². The summed E-state index contributed by atoms with van der Waals surface area (Å²) in [6.45, 7) is 15.5. The van der Waals surface area contributed by atoms with Crippen molar-refractivity contribution in [3.63, 3.8) is 0 Å². The van der Waals surface area contributed by atoms with Crippen molar-refractivity contribution in [2.75, 3.05) is 6.61 Å². The molecule has 28 heavy (non-hydrogen) atoms. The number of ether oxygens (including phenoxy) is 1. The van der Waals surface area contributed by atoms with Crippen molar-refractivity contribution < 1.29 is 14.3 Å². The third kappa shape index (κ3) is 4.80. The lowest BCUT2D eigenvalue weighted by Gasteiger charge is -2.36. The number of halogens is 1. The van der Waals surface area contributed by atoms with Crippen LogP contribution in [0.15, 0.2) is 36.0 Å². The molecule has 152 valence electrons. The molecule has 0 aromatic carbocycles. The second-order valence-corrected chi connectivity index (χ2v) is 8.49. The summed E-state index contributed by atoms with van der Waals surface area (Å²) in [7, 11) is 0. The van der Waals surface area contributed by atoms with E-state index >= 15 is 0 Å². The first kappa shape index (κ1) is 22.1. The fraction of sp³-hybridized carbons (Fsp3) is 0.450. The van der Waals surface area contributed by atoms with Gasteiger partial charge >= 0.3 is 0 Å². The molecule has 0 bridgehead atoms. The molecule has 8 heteroatoms. The molecule has 2 heterocycles. The third-order valence-corrected chi connectivity index (χ3v) is 4.89. The van der Waals surface area contributed by atoms with Gasteiger partial charge in [-0.05, 0) is 31.4 Å². The zero-order valence-corrected chi connectivity index (χ0v) is 18.2. The van der Waals surface area contributed by atoms with Crippen molar-refractivity contribution in [1.29, 1.82) is 0 Å². The van der Waals surface area contributed by atoms with Crippen LogP contribution in [-0.2, 0) is 14.3 Å². The number of hydrogen-bond acceptors (Lipinski definition) is 4. The summed E-state index contributed by atoms with van der Waals surface area (Å²) >= 11 is 3.27. The minimum absolute atomic E-state index is 0.0656. The topological polar surface area (TPSA) is 87.3 Å². The Hall–Kier alpha value is -2.19. The number of carbonyl (C=O) groups is 2. The number of nitrogens with zero attached hydrogens (tertiary/aromatic N) is 2. The molecule has 2 rings (SSSR count). The summed E-state index contributed by atoms with van der Waals surface area (Å²) in [6.07, 6.45) is 5.84. The van der Waals surface area contributed by atoms with E-state index in [4.69, 9.17) is 4.74 Å². The van der Waals surface area contributed by atoms with Gasteiger partial charge in [-0.2, -0.15) is 0 Å². The van der Waals surface area contributed by atoms with Gasteiger partial charge in [0, 0.05) is 4.48 Å². The van der Waals surface area contributed by atoms with Crippen molar-refractivity contribution in [2.45, 2.75) is 45.5 Å². The van der Waals surface area contributed by atoms with Crippen LogP contribution in [0.2, 0.25) is 0 Å². The second kappa shape index (κ2) is 8.87. The summed E-state index contributed by atoms with van der Waals surface area (Å²) in [5.74, 6) is 0.334. The largest absolute Gasteiger partial charge is 0.354 e. The first-order chi connectivity index (χ1) is 13.1. The van der Waals surface area contributed by atoms with Gasteiger partial charge in [0.1, 0.15) is 23.6 Å². The molecule has 1 aromatic heterocycles. The molecule has 7 nitrogen and oxygen atoms in total. The van der Waals surface area contributed by atoms with E-state index in [1.54, 1.807) is 17.2 Å². The average Bonchev–Trinajstić information content (AvgIpc) is 3.20. The number of H-pyrrole nitrogens is 1. The molecule has 1 fully saturated rings. The van der Waals surface area contributed by atoms with E-state index in [2.05, 4.69) is 44.4 Å². The van der Waals surface area contributed by atoms with Crippen LogP contribution in [0.3, 0.4) is 0 Å². The zero-order chi connectivity index (χ0) is 21.1. The van der Waals surface area contributed by atoms with E-state index in [1.807, 2.05) is 33.8 Å². The number of imidazole rings is 1. The van der Waals surface area contributed by atoms with Crippen molar-refractivity contribution >= 4 is 33.8 Å². The van der Waals surface area contributed by atoms with Crippen molar-refractivity contribution in [3.05, 3.63) is 47.5 Å². The Balaban J connectivity index is 2.31. The average molecular weight is 451 g/mol. The second-order valence-electron chi connectivity index (χ2n) is 7.48. The molecule has 2 N–H and O–H groups in total. The minimum Gasteiger partial charge on any atom is -0.354 e. The quantitative estimate of drug-likeness (QED) is 0.469. The Morgan fingerprint density at radius 3 is 2.71 bits per heavy atom. The minimum atomic E-state index is -0.822. The number of aromatic nitrogens is 2. The highest BCUT2D eigenvalue weighted by atomic mass is 79.9. The van der Waals surface area contributed by atoms with Crippen LogP contribution in [0.1, 0.15) is 45.3 Å².